The van der Waals surface area contributed by atoms with Gasteiger partial charge >= 0.3 is 6.09 Å². The van der Waals surface area contributed by atoms with E-state index in [0.29, 0.717) is 43.2 Å². The average molecular weight is 428 g/mol. The molecule has 3 rings (SSSR count). The van der Waals surface area contributed by atoms with Gasteiger partial charge in [0.2, 0.25) is 5.75 Å². The van der Waals surface area contributed by atoms with E-state index < -0.39 is 5.82 Å². The molecular weight excluding hydrogens is 403 g/mol. The third kappa shape index (κ3) is 5.54. The van der Waals surface area contributed by atoms with Gasteiger partial charge in [-0.05, 0) is 26.0 Å². The van der Waals surface area contributed by atoms with Crippen molar-refractivity contribution in [3.8, 4) is 11.5 Å². The molecule has 1 saturated heterocycles. The summed E-state index contributed by atoms with van der Waals surface area (Å²) in [7, 11) is 1.48. The molecular formula is C22H25FN4O4. The van der Waals surface area contributed by atoms with Crippen LogP contribution in [0.15, 0.2) is 30.5 Å². The standard InChI is InChI=1S/C22H25FN4O4/c1-14(2)30-22(28)27-11-8-16(9-12-27)31-19-7-10-25-21(20(19)29-4)26-18-6-5-15(24-3)13-17(18)23/h5-7,10,13-14,16H,8-9,11-12H2,1-2,4H3,(H,25,26). The lowest BCUT2D eigenvalue weighted by Crippen LogP contribution is -2.42. The monoisotopic (exact) mass is 428 g/mol. The molecule has 0 radical (unpaired) electrons. The van der Waals surface area contributed by atoms with Gasteiger partial charge in [-0.2, -0.15) is 0 Å². The predicted octanol–water partition coefficient (Wildman–Crippen LogP) is 4.91. The Morgan fingerprint density at radius 2 is 2.06 bits per heavy atom. The summed E-state index contributed by atoms with van der Waals surface area (Å²) >= 11 is 0. The lowest BCUT2D eigenvalue weighted by Gasteiger charge is -2.32. The third-order valence-electron chi connectivity index (χ3n) is 4.74. The number of carbonyl (C=O) groups excluding carboxylic acids is 1. The van der Waals surface area contributed by atoms with Crippen molar-refractivity contribution in [2.75, 3.05) is 25.5 Å². The number of methoxy groups -OCH3 is 1. The number of carbonyl (C=O) groups is 1. The molecule has 1 aliphatic rings. The fourth-order valence-electron chi connectivity index (χ4n) is 3.22. The maximum atomic E-state index is 14.3. The average Bonchev–Trinajstić information content (AvgIpc) is 2.75. The number of amides is 1. The van der Waals surface area contributed by atoms with E-state index in [1.807, 2.05) is 13.8 Å². The fraction of sp³-hybridized carbons (Fsp3) is 0.409. The normalized spacial score (nSPS) is 14.1. The number of likely N-dealkylation sites (tertiary alicyclic amines) is 1. The second kappa shape index (κ2) is 9.98. The molecule has 1 amide bonds. The molecule has 9 heteroatoms. The van der Waals surface area contributed by atoms with Gasteiger partial charge in [0.15, 0.2) is 17.3 Å². The van der Waals surface area contributed by atoms with Crippen LogP contribution in [0.3, 0.4) is 0 Å². The first kappa shape index (κ1) is 22.2. The summed E-state index contributed by atoms with van der Waals surface area (Å²) in [6.07, 6.45) is 2.26. The largest absolute Gasteiger partial charge is 0.490 e. The van der Waals surface area contributed by atoms with E-state index in [2.05, 4.69) is 15.1 Å². The van der Waals surface area contributed by atoms with Crippen molar-refractivity contribution >= 4 is 23.3 Å². The molecule has 164 valence electrons. The lowest BCUT2D eigenvalue weighted by atomic mass is 10.1. The number of piperidine rings is 1. The minimum atomic E-state index is -0.565. The van der Waals surface area contributed by atoms with Crippen LogP contribution in [0.4, 0.5) is 26.4 Å². The molecule has 1 aromatic heterocycles. The van der Waals surface area contributed by atoms with Gasteiger partial charge in [0.05, 0.1) is 25.5 Å². The van der Waals surface area contributed by atoms with Crippen LogP contribution in [0, 0.1) is 12.4 Å². The van der Waals surface area contributed by atoms with Crippen molar-refractivity contribution < 1.29 is 23.4 Å². The summed E-state index contributed by atoms with van der Waals surface area (Å²) in [6, 6.07) is 5.83. The highest BCUT2D eigenvalue weighted by Gasteiger charge is 2.26. The van der Waals surface area contributed by atoms with E-state index in [0.717, 1.165) is 6.07 Å². The topological polar surface area (TPSA) is 77.3 Å². The van der Waals surface area contributed by atoms with Crippen LogP contribution in [0.1, 0.15) is 26.7 Å². The highest BCUT2D eigenvalue weighted by molar-refractivity contribution is 5.68. The molecule has 0 aliphatic carbocycles. The molecule has 31 heavy (non-hydrogen) atoms. The van der Waals surface area contributed by atoms with Crippen molar-refractivity contribution in [2.45, 2.75) is 38.9 Å². The fourth-order valence-corrected chi connectivity index (χ4v) is 3.22. The number of anilines is 2. The van der Waals surface area contributed by atoms with Gasteiger partial charge in [-0.15, -0.1) is 0 Å². The molecule has 1 aliphatic heterocycles. The number of hydrogen-bond acceptors (Lipinski definition) is 6. The Kier molecular flexibility index (Phi) is 7.13. The number of nitrogens with zero attached hydrogens (tertiary/aromatic N) is 3. The molecule has 0 unspecified atom stereocenters. The van der Waals surface area contributed by atoms with Gasteiger partial charge in [0.25, 0.3) is 0 Å². The molecule has 0 saturated carbocycles. The third-order valence-corrected chi connectivity index (χ3v) is 4.74. The first-order valence-corrected chi connectivity index (χ1v) is 10.0. The first-order valence-electron chi connectivity index (χ1n) is 10.0. The summed E-state index contributed by atoms with van der Waals surface area (Å²) in [5, 5.41) is 2.90. The van der Waals surface area contributed by atoms with Gasteiger partial charge in [-0.1, -0.05) is 6.07 Å². The number of aromatic nitrogens is 1. The summed E-state index contributed by atoms with van der Waals surface area (Å²) in [5.41, 5.74) is 0.385. The van der Waals surface area contributed by atoms with Crippen LogP contribution in [0.5, 0.6) is 11.5 Å². The Hall–Kier alpha value is -3.54. The Balaban J connectivity index is 1.68. The highest BCUT2D eigenvalue weighted by Crippen LogP contribution is 2.37. The van der Waals surface area contributed by atoms with Crippen molar-refractivity contribution in [3.05, 3.63) is 47.7 Å². The van der Waals surface area contributed by atoms with E-state index in [-0.39, 0.29) is 29.7 Å². The van der Waals surface area contributed by atoms with Crippen LogP contribution in [-0.2, 0) is 4.74 Å². The summed E-state index contributed by atoms with van der Waals surface area (Å²) in [5.74, 6) is 0.552. The summed E-state index contributed by atoms with van der Waals surface area (Å²) in [6.45, 7) is 11.7. The molecule has 1 N–H and O–H groups in total. The number of pyridine rings is 1. The SMILES string of the molecule is [C-]#[N+]c1ccc(Nc2nccc(OC3CCN(C(=O)OC(C)C)CC3)c2OC)c(F)c1. The number of hydrogen-bond donors (Lipinski definition) is 1. The molecule has 8 nitrogen and oxygen atoms in total. The van der Waals surface area contributed by atoms with Crippen molar-refractivity contribution in [3.63, 3.8) is 0 Å². The smallest absolute Gasteiger partial charge is 0.410 e. The van der Waals surface area contributed by atoms with E-state index >= 15 is 0 Å². The lowest BCUT2D eigenvalue weighted by molar-refractivity contribution is 0.0511. The van der Waals surface area contributed by atoms with Crippen molar-refractivity contribution in [2.24, 2.45) is 0 Å². The highest BCUT2D eigenvalue weighted by atomic mass is 19.1. The second-order valence-corrected chi connectivity index (χ2v) is 7.33. The van der Waals surface area contributed by atoms with Gasteiger partial charge < -0.3 is 24.4 Å². The number of ether oxygens (including phenoxy) is 3. The molecule has 1 aromatic carbocycles. The number of rotatable bonds is 6. The van der Waals surface area contributed by atoms with E-state index in [1.54, 1.807) is 17.2 Å². The molecule has 1 fully saturated rings. The van der Waals surface area contributed by atoms with Crippen LogP contribution in [0.2, 0.25) is 0 Å². The molecule has 2 heterocycles. The van der Waals surface area contributed by atoms with Gasteiger partial charge in [0.1, 0.15) is 11.9 Å². The van der Waals surface area contributed by atoms with Gasteiger partial charge in [0, 0.05) is 38.2 Å². The van der Waals surface area contributed by atoms with Crippen molar-refractivity contribution in [1.82, 2.24) is 9.88 Å². The molecule has 0 spiro atoms. The van der Waals surface area contributed by atoms with Gasteiger partial charge in [-0.3, -0.25) is 0 Å². The molecule has 0 bridgehead atoms. The molecule has 0 atom stereocenters. The minimum absolute atomic E-state index is 0.109. The first-order chi connectivity index (χ1) is 14.9. The number of nitrogens with one attached hydrogen (secondary N) is 1. The quantitative estimate of drug-likeness (QED) is 0.659. The van der Waals surface area contributed by atoms with Crippen LogP contribution in [0.25, 0.3) is 4.85 Å². The Labute approximate surface area is 180 Å². The van der Waals surface area contributed by atoms with Crippen LogP contribution in [-0.4, -0.2) is 48.4 Å². The number of halogens is 1. The summed E-state index contributed by atoms with van der Waals surface area (Å²) < 4.78 is 31.1. The molecule has 2 aromatic rings. The zero-order chi connectivity index (χ0) is 22.4. The van der Waals surface area contributed by atoms with Gasteiger partial charge in [-0.25, -0.2) is 19.0 Å². The maximum Gasteiger partial charge on any atom is 0.410 e. The van der Waals surface area contributed by atoms with E-state index in [4.69, 9.17) is 20.8 Å². The zero-order valence-electron chi connectivity index (χ0n) is 17.7. The minimum Gasteiger partial charge on any atom is -0.490 e. The van der Waals surface area contributed by atoms with Crippen LogP contribution < -0.4 is 14.8 Å². The van der Waals surface area contributed by atoms with E-state index in [1.165, 1.54) is 19.2 Å². The second-order valence-electron chi connectivity index (χ2n) is 7.33. The predicted molar refractivity (Wildman–Crippen MR) is 114 cm³/mol. The Morgan fingerprint density at radius 3 is 2.68 bits per heavy atom. The van der Waals surface area contributed by atoms with Crippen LogP contribution >= 0.6 is 0 Å². The summed E-state index contributed by atoms with van der Waals surface area (Å²) in [4.78, 5) is 21.2. The Bertz CT molecular complexity index is 968. The van der Waals surface area contributed by atoms with E-state index in [9.17, 15) is 9.18 Å². The zero-order valence-corrected chi connectivity index (χ0v) is 17.7. The Morgan fingerprint density at radius 1 is 1.32 bits per heavy atom. The van der Waals surface area contributed by atoms with Crippen molar-refractivity contribution in [1.29, 1.82) is 0 Å². The maximum absolute atomic E-state index is 14.3. The number of benzene rings is 1.